The fraction of sp³-hybridized carbons (Fsp3) is 0. The number of pyridine rings is 2. The topological polar surface area (TPSA) is 63.1 Å². The first kappa shape index (κ1) is 8.90. The summed E-state index contributed by atoms with van der Waals surface area (Å²) in [6.07, 6.45) is 1.49. The minimum Gasteiger partial charge on any atom is -0.477 e. The predicted octanol–water partition coefficient (Wildman–Crippen LogP) is 1.98. The van der Waals surface area contributed by atoms with Crippen LogP contribution in [0.1, 0.15) is 10.5 Å². The number of rotatable bonds is 1. The number of carbonyl (C=O) groups is 1. The normalized spacial score (nSPS) is 10.4. The molecule has 0 spiro atoms. The van der Waals surface area contributed by atoms with Crippen LogP contribution in [-0.4, -0.2) is 21.0 Å². The lowest BCUT2D eigenvalue weighted by molar-refractivity contribution is 0.0691. The van der Waals surface area contributed by atoms with Crippen molar-refractivity contribution in [3.05, 3.63) is 35.2 Å². The summed E-state index contributed by atoms with van der Waals surface area (Å²) < 4.78 is 0. The molecule has 2 aromatic rings. The largest absolute Gasteiger partial charge is 0.477 e. The fourth-order valence-electron chi connectivity index (χ4n) is 1.14. The van der Waals surface area contributed by atoms with Crippen LogP contribution in [0.3, 0.4) is 0 Å². The van der Waals surface area contributed by atoms with Gasteiger partial charge in [-0.3, -0.25) is 0 Å². The van der Waals surface area contributed by atoms with E-state index >= 15 is 0 Å². The number of carboxylic acid groups (broad SMARTS) is 1. The van der Waals surface area contributed by atoms with E-state index in [2.05, 4.69) is 9.97 Å². The molecule has 0 aliphatic rings. The lowest BCUT2D eigenvalue weighted by atomic mass is 10.2. The predicted molar refractivity (Wildman–Crippen MR) is 51.5 cm³/mol. The molecule has 0 atom stereocenters. The van der Waals surface area contributed by atoms with Gasteiger partial charge in [-0.25, -0.2) is 14.8 Å². The van der Waals surface area contributed by atoms with E-state index in [0.29, 0.717) is 16.1 Å². The maximum absolute atomic E-state index is 10.6. The van der Waals surface area contributed by atoms with Gasteiger partial charge >= 0.3 is 5.97 Å². The van der Waals surface area contributed by atoms with Crippen LogP contribution >= 0.6 is 11.6 Å². The highest BCUT2D eigenvalue weighted by molar-refractivity contribution is 6.34. The average Bonchev–Trinajstić information content (AvgIpc) is 2.17. The molecule has 0 unspecified atom stereocenters. The Kier molecular flexibility index (Phi) is 2.05. The zero-order chi connectivity index (χ0) is 10.1. The Morgan fingerprint density at radius 1 is 1.36 bits per heavy atom. The van der Waals surface area contributed by atoms with Crippen LogP contribution in [0.15, 0.2) is 24.4 Å². The first-order valence-electron chi connectivity index (χ1n) is 3.83. The Balaban J connectivity index is 2.73. The number of fused-ring (bicyclic) bond motifs is 1. The van der Waals surface area contributed by atoms with Gasteiger partial charge in [-0.2, -0.15) is 0 Å². The first-order valence-corrected chi connectivity index (χ1v) is 4.21. The summed E-state index contributed by atoms with van der Waals surface area (Å²) in [5.74, 6) is -1.06. The molecule has 0 saturated heterocycles. The van der Waals surface area contributed by atoms with Crippen LogP contribution < -0.4 is 0 Å². The maximum Gasteiger partial charge on any atom is 0.354 e. The molecule has 0 bridgehead atoms. The van der Waals surface area contributed by atoms with Crippen molar-refractivity contribution in [1.82, 2.24) is 9.97 Å². The zero-order valence-corrected chi connectivity index (χ0v) is 7.69. The highest BCUT2D eigenvalue weighted by Crippen LogP contribution is 2.19. The van der Waals surface area contributed by atoms with E-state index in [1.165, 1.54) is 12.3 Å². The Morgan fingerprint density at radius 2 is 2.14 bits per heavy atom. The third kappa shape index (κ3) is 1.40. The van der Waals surface area contributed by atoms with E-state index < -0.39 is 5.97 Å². The van der Waals surface area contributed by atoms with E-state index in [1.54, 1.807) is 12.1 Å². The SMILES string of the molecule is O=C(O)c1ccc2c(Cl)nccc2n1. The van der Waals surface area contributed by atoms with Crippen molar-refractivity contribution >= 4 is 28.5 Å². The number of aromatic nitrogens is 2. The zero-order valence-electron chi connectivity index (χ0n) is 6.94. The number of aromatic carboxylic acids is 1. The molecule has 0 amide bonds. The van der Waals surface area contributed by atoms with Crippen molar-refractivity contribution in [3.8, 4) is 0 Å². The third-order valence-electron chi connectivity index (χ3n) is 1.79. The van der Waals surface area contributed by atoms with Gasteiger partial charge in [0.2, 0.25) is 0 Å². The summed E-state index contributed by atoms with van der Waals surface area (Å²) in [6.45, 7) is 0. The molecule has 0 radical (unpaired) electrons. The van der Waals surface area contributed by atoms with Crippen LogP contribution in [0.5, 0.6) is 0 Å². The quantitative estimate of drug-likeness (QED) is 0.728. The van der Waals surface area contributed by atoms with Gasteiger partial charge in [0, 0.05) is 11.6 Å². The van der Waals surface area contributed by atoms with Gasteiger partial charge in [-0.1, -0.05) is 11.6 Å². The Labute approximate surface area is 84.2 Å². The van der Waals surface area contributed by atoms with Gasteiger partial charge in [0.05, 0.1) is 5.52 Å². The summed E-state index contributed by atoms with van der Waals surface area (Å²) in [5.41, 5.74) is 0.532. The molecule has 2 rings (SSSR count). The van der Waals surface area contributed by atoms with Crippen molar-refractivity contribution in [2.45, 2.75) is 0 Å². The molecule has 0 fully saturated rings. The summed E-state index contributed by atoms with van der Waals surface area (Å²) in [4.78, 5) is 18.4. The lowest BCUT2D eigenvalue weighted by Crippen LogP contribution is -1.99. The molecule has 70 valence electrons. The van der Waals surface area contributed by atoms with Gasteiger partial charge in [0.25, 0.3) is 0 Å². The minimum absolute atomic E-state index is 0.000216. The first-order chi connectivity index (χ1) is 6.68. The van der Waals surface area contributed by atoms with Gasteiger partial charge in [0.1, 0.15) is 10.8 Å². The van der Waals surface area contributed by atoms with Crippen molar-refractivity contribution < 1.29 is 9.90 Å². The standard InChI is InChI=1S/C9H5ClN2O2/c10-8-5-1-2-7(9(13)14)12-6(5)3-4-11-8/h1-4H,(H,13,14). The van der Waals surface area contributed by atoms with E-state index in [4.69, 9.17) is 16.7 Å². The molecule has 4 nitrogen and oxygen atoms in total. The van der Waals surface area contributed by atoms with E-state index in [-0.39, 0.29) is 5.69 Å². The molecular weight excluding hydrogens is 204 g/mol. The smallest absolute Gasteiger partial charge is 0.354 e. The van der Waals surface area contributed by atoms with Gasteiger partial charge in [-0.15, -0.1) is 0 Å². The molecule has 5 heteroatoms. The molecule has 2 heterocycles. The summed E-state index contributed by atoms with van der Waals surface area (Å²) in [6, 6.07) is 4.62. The Morgan fingerprint density at radius 3 is 2.86 bits per heavy atom. The summed E-state index contributed by atoms with van der Waals surface area (Å²) in [7, 11) is 0. The van der Waals surface area contributed by atoms with Crippen molar-refractivity contribution in [2.24, 2.45) is 0 Å². The number of carboxylic acids is 1. The van der Waals surface area contributed by atoms with Crippen LogP contribution in [0.25, 0.3) is 10.9 Å². The van der Waals surface area contributed by atoms with Gasteiger partial charge < -0.3 is 5.11 Å². The van der Waals surface area contributed by atoms with Crippen LogP contribution in [0, 0.1) is 0 Å². The van der Waals surface area contributed by atoms with Gasteiger partial charge in [-0.05, 0) is 18.2 Å². The average molecular weight is 209 g/mol. The van der Waals surface area contributed by atoms with E-state index in [0.717, 1.165) is 0 Å². The molecule has 0 aromatic carbocycles. The molecule has 2 aromatic heterocycles. The monoisotopic (exact) mass is 208 g/mol. The molecular formula is C9H5ClN2O2. The van der Waals surface area contributed by atoms with Crippen molar-refractivity contribution in [3.63, 3.8) is 0 Å². The lowest BCUT2D eigenvalue weighted by Gasteiger charge is -1.99. The second kappa shape index (κ2) is 3.23. The van der Waals surface area contributed by atoms with E-state index in [9.17, 15) is 4.79 Å². The van der Waals surface area contributed by atoms with Crippen molar-refractivity contribution in [1.29, 1.82) is 0 Å². The molecule has 0 saturated carbocycles. The van der Waals surface area contributed by atoms with E-state index in [1.807, 2.05) is 0 Å². The second-order valence-electron chi connectivity index (χ2n) is 2.67. The number of nitrogens with zero attached hydrogens (tertiary/aromatic N) is 2. The maximum atomic E-state index is 10.6. The third-order valence-corrected chi connectivity index (χ3v) is 2.09. The number of halogens is 1. The van der Waals surface area contributed by atoms with Crippen LogP contribution in [-0.2, 0) is 0 Å². The fourth-order valence-corrected chi connectivity index (χ4v) is 1.35. The highest BCUT2D eigenvalue weighted by Gasteiger charge is 2.06. The number of hydrogen-bond donors (Lipinski definition) is 1. The molecule has 14 heavy (non-hydrogen) atoms. The second-order valence-corrected chi connectivity index (χ2v) is 3.03. The Bertz CT molecular complexity index is 513. The Hall–Kier alpha value is -1.68. The molecule has 1 N–H and O–H groups in total. The molecule has 0 aliphatic carbocycles. The highest BCUT2D eigenvalue weighted by atomic mass is 35.5. The van der Waals surface area contributed by atoms with Crippen molar-refractivity contribution in [2.75, 3.05) is 0 Å². The van der Waals surface area contributed by atoms with Crippen LogP contribution in [0.2, 0.25) is 5.15 Å². The van der Waals surface area contributed by atoms with Crippen LogP contribution in [0.4, 0.5) is 0 Å². The molecule has 0 aliphatic heterocycles. The minimum atomic E-state index is -1.06. The number of hydrogen-bond acceptors (Lipinski definition) is 3. The summed E-state index contributed by atoms with van der Waals surface area (Å²) >= 11 is 5.79. The van der Waals surface area contributed by atoms with Gasteiger partial charge in [0.15, 0.2) is 0 Å². The summed E-state index contributed by atoms with van der Waals surface area (Å²) in [5, 5.41) is 9.68.